The average molecular weight is 218 g/mol. The Labute approximate surface area is 96.3 Å². The van der Waals surface area contributed by atoms with Gasteiger partial charge in [0.15, 0.2) is 0 Å². The van der Waals surface area contributed by atoms with Crippen molar-refractivity contribution in [3.63, 3.8) is 0 Å². The molecule has 0 fully saturated rings. The van der Waals surface area contributed by atoms with Gasteiger partial charge >= 0.3 is 0 Å². The van der Waals surface area contributed by atoms with Crippen LogP contribution in [0.5, 0.6) is 0 Å². The van der Waals surface area contributed by atoms with Crippen molar-refractivity contribution in [2.75, 3.05) is 13.1 Å². The summed E-state index contributed by atoms with van der Waals surface area (Å²) >= 11 is 0. The smallest absolute Gasteiger partial charge is 0.251 e. The van der Waals surface area contributed by atoms with Gasteiger partial charge in [-0.05, 0) is 25.5 Å². The van der Waals surface area contributed by atoms with Crippen LogP contribution in [0.4, 0.5) is 0 Å². The number of carbonyl (C=O) groups excluding carboxylic acids is 1. The lowest BCUT2D eigenvalue weighted by molar-refractivity contribution is 0.0957. The van der Waals surface area contributed by atoms with Gasteiger partial charge in [-0.25, -0.2) is 0 Å². The fourth-order valence-electron chi connectivity index (χ4n) is 1.49. The Morgan fingerprint density at radius 1 is 1.38 bits per heavy atom. The predicted octanol–water partition coefficient (Wildman–Crippen LogP) is 1.55. The Morgan fingerprint density at radius 3 is 2.75 bits per heavy atom. The van der Waals surface area contributed by atoms with Gasteiger partial charge in [-0.1, -0.05) is 29.8 Å². The third-order valence-corrected chi connectivity index (χ3v) is 2.31. The van der Waals surface area contributed by atoms with Gasteiger partial charge in [-0.3, -0.25) is 4.79 Å². The Bertz CT molecular complexity index is 397. The summed E-state index contributed by atoms with van der Waals surface area (Å²) < 4.78 is 0. The van der Waals surface area contributed by atoms with E-state index in [0.717, 1.165) is 16.7 Å². The molecular weight excluding hydrogens is 200 g/mol. The molecule has 0 aliphatic carbocycles. The molecule has 1 aromatic carbocycles. The summed E-state index contributed by atoms with van der Waals surface area (Å²) in [6, 6.07) is 5.80. The molecule has 0 spiro atoms. The van der Waals surface area contributed by atoms with E-state index in [0.29, 0.717) is 13.1 Å². The lowest BCUT2D eigenvalue weighted by Crippen LogP contribution is -2.24. The van der Waals surface area contributed by atoms with E-state index in [1.54, 1.807) is 0 Å². The van der Waals surface area contributed by atoms with Crippen LogP contribution in [0.15, 0.2) is 30.4 Å². The van der Waals surface area contributed by atoms with Crippen molar-refractivity contribution in [2.24, 2.45) is 5.73 Å². The number of nitrogens with one attached hydrogen (secondary N) is 1. The molecule has 0 unspecified atom stereocenters. The molecule has 0 bridgehead atoms. The molecule has 3 heteroatoms. The Morgan fingerprint density at radius 2 is 2.12 bits per heavy atom. The first-order chi connectivity index (χ1) is 7.65. The van der Waals surface area contributed by atoms with Crippen molar-refractivity contribution < 1.29 is 4.79 Å². The van der Waals surface area contributed by atoms with Gasteiger partial charge in [-0.15, -0.1) is 0 Å². The first-order valence-corrected chi connectivity index (χ1v) is 5.35. The van der Waals surface area contributed by atoms with Gasteiger partial charge in [0.1, 0.15) is 0 Å². The molecule has 1 rings (SSSR count). The lowest BCUT2D eigenvalue weighted by atomic mass is 10.1. The third kappa shape index (κ3) is 3.51. The number of benzene rings is 1. The van der Waals surface area contributed by atoms with Crippen LogP contribution in [-0.2, 0) is 0 Å². The van der Waals surface area contributed by atoms with Crippen molar-refractivity contribution in [3.8, 4) is 0 Å². The highest BCUT2D eigenvalue weighted by Gasteiger charge is 2.06. The van der Waals surface area contributed by atoms with E-state index in [1.165, 1.54) is 0 Å². The zero-order valence-corrected chi connectivity index (χ0v) is 9.79. The molecule has 0 saturated carbocycles. The van der Waals surface area contributed by atoms with E-state index >= 15 is 0 Å². The summed E-state index contributed by atoms with van der Waals surface area (Å²) in [5.74, 6) is -0.0424. The minimum atomic E-state index is -0.0424. The molecule has 0 heterocycles. The van der Waals surface area contributed by atoms with Crippen LogP contribution < -0.4 is 11.1 Å². The summed E-state index contributed by atoms with van der Waals surface area (Å²) in [4.78, 5) is 11.8. The topological polar surface area (TPSA) is 55.1 Å². The quantitative estimate of drug-likeness (QED) is 0.753. The third-order valence-electron chi connectivity index (χ3n) is 2.31. The predicted molar refractivity (Wildman–Crippen MR) is 66.4 cm³/mol. The molecule has 1 amide bonds. The fraction of sp³-hybridized carbons (Fsp3) is 0.308. The molecule has 16 heavy (non-hydrogen) atoms. The summed E-state index contributed by atoms with van der Waals surface area (Å²) in [5, 5.41) is 2.81. The van der Waals surface area contributed by atoms with Crippen LogP contribution in [0, 0.1) is 13.8 Å². The van der Waals surface area contributed by atoms with Gasteiger partial charge in [0, 0.05) is 18.7 Å². The maximum Gasteiger partial charge on any atom is 0.251 e. The first kappa shape index (κ1) is 12.5. The second-order valence-electron chi connectivity index (χ2n) is 3.74. The molecule has 0 saturated heterocycles. The molecule has 86 valence electrons. The SMILES string of the molecule is Cc1ccc(C(=O)NC/C=C/CN)c(C)c1. The first-order valence-electron chi connectivity index (χ1n) is 5.35. The van der Waals surface area contributed by atoms with Crippen molar-refractivity contribution in [2.45, 2.75) is 13.8 Å². The largest absolute Gasteiger partial charge is 0.349 e. The van der Waals surface area contributed by atoms with E-state index in [9.17, 15) is 4.79 Å². The Balaban J connectivity index is 2.63. The second kappa shape index (κ2) is 6.08. The summed E-state index contributed by atoms with van der Waals surface area (Å²) in [5.41, 5.74) is 8.19. The zero-order valence-electron chi connectivity index (χ0n) is 9.79. The number of hydrogen-bond donors (Lipinski definition) is 2. The average Bonchev–Trinajstić information content (AvgIpc) is 2.24. The molecule has 3 N–H and O–H groups in total. The lowest BCUT2D eigenvalue weighted by Gasteiger charge is -2.06. The van der Waals surface area contributed by atoms with Crippen LogP contribution in [0.3, 0.4) is 0 Å². The van der Waals surface area contributed by atoms with Gasteiger partial charge in [0.25, 0.3) is 5.91 Å². The number of carbonyl (C=O) groups is 1. The van der Waals surface area contributed by atoms with Gasteiger partial charge in [-0.2, -0.15) is 0 Å². The maximum atomic E-state index is 11.8. The standard InChI is InChI=1S/C13H18N2O/c1-10-5-6-12(11(2)9-10)13(16)15-8-4-3-7-14/h3-6,9H,7-8,14H2,1-2H3,(H,15,16)/b4-3+. The Kier molecular flexibility index (Phi) is 4.73. The van der Waals surface area contributed by atoms with Crippen LogP contribution in [0.1, 0.15) is 21.5 Å². The molecule has 3 nitrogen and oxygen atoms in total. The van der Waals surface area contributed by atoms with Crippen LogP contribution in [0.25, 0.3) is 0 Å². The fourth-order valence-corrected chi connectivity index (χ4v) is 1.49. The molecule has 0 aromatic heterocycles. The molecule has 0 aliphatic heterocycles. The number of rotatable bonds is 4. The summed E-state index contributed by atoms with van der Waals surface area (Å²) in [6.07, 6.45) is 3.67. The molecule has 0 radical (unpaired) electrons. The van der Waals surface area contributed by atoms with Crippen LogP contribution in [0.2, 0.25) is 0 Å². The van der Waals surface area contributed by atoms with E-state index in [-0.39, 0.29) is 5.91 Å². The summed E-state index contributed by atoms with van der Waals surface area (Å²) in [7, 11) is 0. The van der Waals surface area contributed by atoms with Crippen LogP contribution >= 0.6 is 0 Å². The second-order valence-corrected chi connectivity index (χ2v) is 3.74. The minimum Gasteiger partial charge on any atom is -0.349 e. The van der Waals surface area contributed by atoms with Crippen molar-refractivity contribution in [1.29, 1.82) is 0 Å². The van der Waals surface area contributed by atoms with Crippen molar-refractivity contribution >= 4 is 5.91 Å². The number of amides is 1. The van der Waals surface area contributed by atoms with E-state index in [2.05, 4.69) is 5.32 Å². The highest BCUT2D eigenvalue weighted by molar-refractivity contribution is 5.95. The van der Waals surface area contributed by atoms with Crippen molar-refractivity contribution in [3.05, 3.63) is 47.0 Å². The number of aryl methyl sites for hydroxylation is 2. The van der Waals surface area contributed by atoms with Gasteiger partial charge < -0.3 is 11.1 Å². The minimum absolute atomic E-state index is 0.0424. The molecule has 0 aliphatic rings. The van der Waals surface area contributed by atoms with E-state index in [1.807, 2.05) is 44.2 Å². The van der Waals surface area contributed by atoms with Crippen LogP contribution in [-0.4, -0.2) is 19.0 Å². The van der Waals surface area contributed by atoms with Gasteiger partial charge in [0.2, 0.25) is 0 Å². The Hall–Kier alpha value is -1.61. The van der Waals surface area contributed by atoms with E-state index in [4.69, 9.17) is 5.73 Å². The zero-order chi connectivity index (χ0) is 12.0. The summed E-state index contributed by atoms with van der Waals surface area (Å²) in [6.45, 7) is 4.97. The molecule has 1 aromatic rings. The highest BCUT2D eigenvalue weighted by Crippen LogP contribution is 2.09. The molecular formula is C13H18N2O. The van der Waals surface area contributed by atoms with Crippen molar-refractivity contribution in [1.82, 2.24) is 5.32 Å². The highest BCUT2D eigenvalue weighted by atomic mass is 16.1. The number of nitrogens with two attached hydrogens (primary N) is 1. The monoisotopic (exact) mass is 218 g/mol. The maximum absolute atomic E-state index is 11.8. The molecule has 0 atom stereocenters. The van der Waals surface area contributed by atoms with Gasteiger partial charge in [0.05, 0.1) is 0 Å². The number of hydrogen-bond acceptors (Lipinski definition) is 2. The normalized spacial score (nSPS) is 10.7. The van der Waals surface area contributed by atoms with E-state index < -0.39 is 0 Å².